The fraction of sp³-hybridized carbons (Fsp3) is 0.306. The number of nitrogens with one attached hydrogen (secondary N) is 2. The van der Waals surface area contributed by atoms with Crippen LogP contribution in [0.3, 0.4) is 0 Å². The minimum absolute atomic E-state index is 0.0104. The van der Waals surface area contributed by atoms with E-state index < -0.39 is 5.97 Å². The molecule has 0 saturated carbocycles. The Kier molecular flexibility index (Phi) is 10.9. The van der Waals surface area contributed by atoms with E-state index in [4.69, 9.17) is 37.4 Å². The number of hydrogen-bond donors (Lipinski definition) is 3. The fourth-order valence-electron chi connectivity index (χ4n) is 5.91. The Morgan fingerprint density at radius 1 is 1.06 bits per heavy atom. The summed E-state index contributed by atoms with van der Waals surface area (Å²) < 4.78 is 19.4. The molecule has 5 rings (SSSR count). The predicted octanol–water partition coefficient (Wildman–Crippen LogP) is 7.61. The molecule has 4 aromatic rings. The minimum atomic E-state index is -1.08. The van der Waals surface area contributed by atoms with E-state index in [-0.39, 0.29) is 12.4 Å². The number of halogens is 2. The first-order valence-electron chi connectivity index (χ1n) is 15.5. The third-order valence-corrected chi connectivity index (χ3v) is 9.17. The molecule has 1 amide bonds. The van der Waals surface area contributed by atoms with Crippen LogP contribution in [0.5, 0.6) is 17.2 Å². The summed E-state index contributed by atoms with van der Waals surface area (Å²) in [5.74, 6) is 0.499. The first-order valence-corrected chi connectivity index (χ1v) is 16.3. The number of amides is 1. The highest BCUT2D eigenvalue weighted by Crippen LogP contribution is 2.45. The van der Waals surface area contributed by atoms with Gasteiger partial charge in [-0.1, -0.05) is 29.3 Å². The molecule has 0 bridgehead atoms. The lowest BCUT2D eigenvalue weighted by molar-refractivity contribution is -0.109. The number of carboxylic acid groups (broad SMARTS) is 1. The lowest BCUT2D eigenvalue weighted by Crippen LogP contribution is -2.21. The normalized spacial score (nSPS) is 12.3. The maximum atomic E-state index is 12.0. The van der Waals surface area contributed by atoms with Gasteiger partial charge in [-0.25, -0.2) is 4.79 Å². The second-order valence-electron chi connectivity index (χ2n) is 11.6. The highest BCUT2D eigenvalue weighted by Gasteiger charge is 2.24. The highest BCUT2D eigenvalue weighted by molar-refractivity contribution is 6.34. The van der Waals surface area contributed by atoms with Crippen molar-refractivity contribution in [2.45, 2.75) is 40.5 Å². The van der Waals surface area contributed by atoms with Crippen LogP contribution >= 0.6 is 23.2 Å². The summed E-state index contributed by atoms with van der Waals surface area (Å²) in [6.45, 7) is 9.03. The van der Waals surface area contributed by atoms with Crippen molar-refractivity contribution < 1.29 is 28.9 Å². The first kappa shape index (κ1) is 34.7. The molecule has 3 N–H and O–H groups in total. The van der Waals surface area contributed by atoms with Crippen molar-refractivity contribution >= 4 is 52.9 Å². The Balaban J connectivity index is 1.62. The molecule has 0 unspecified atom stereocenters. The van der Waals surface area contributed by atoms with Crippen LogP contribution in [0.2, 0.25) is 10.0 Å². The number of benzene rings is 3. The number of rotatable bonds is 14. The molecular formula is C36H38Cl2N4O6. The third-order valence-electron chi connectivity index (χ3n) is 8.26. The van der Waals surface area contributed by atoms with Crippen LogP contribution in [0.1, 0.15) is 56.8 Å². The van der Waals surface area contributed by atoms with Crippen LogP contribution in [0.4, 0.5) is 5.69 Å². The molecule has 252 valence electrons. The Hall–Kier alpha value is -4.67. The summed E-state index contributed by atoms with van der Waals surface area (Å²) >= 11 is 13.3. The van der Waals surface area contributed by atoms with Gasteiger partial charge in [-0.3, -0.25) is 9.48 Å². The summed E-state index contributed by atoms with van der Waals surface area (Å²) in [5, 5.41) is 22.0. The lowest BCUT2D eigenvalue weighted by Gasteiger charge is -2.21. The number of allylic oxidation sites excluding steroid dienone is 1. The molecular weight excluding hydrogens is 655 g/mol. The van der Waals surface area contributed by atoms with Crippen LogP contribution in [0.15, 0.2) is 36.4 Å². The average Bonchev–Trinajstić information content (AvgIpc) is 3.63. The number of carbonyl (C=O) groups is 2. The van der Waals surface area contributed by atoms with Crippen molar-refractivity contribution in [2.24, 2.45) is 7.05 Å². The van der Waals surface area contributed by atoms with Gasteiger partial charge in [-0.2, -0.15) is 5.10 Å². The van der Waals surface area contributed by atoms with E-state index in [2.05, 4.69) is 15.7 Å². The molecule has 0 radical (unpaired) electrons. The molecule has 1 aliphatic heterocycles. The number of hydrogen-bond acceptors (Lipinski definition) is 7. The van der Waals surface area contributed by atoms with Gasteiger partial charge in [0, 0.05) is 53.1 Å². The number of fused-ring (bicyclic) bond motifs is 1. The van der Waals surface area contributed by atoms with Gasteiger partial charge in [0.05, 0.1) is 28.6 Å². The first-order chi connectivity index (χ1) is 23.0. The van der Waals surface area contributed by atoms with E-state index in [1.807, 2.05) is 69.8 Å². The van der Waals surface area contributed by atoms with Crippen molar-refractivity contribution in [1.82, 2.24) is 15.1 Å². The monoisotopic (exact) mass is 692 g/mol. The minimum Gasteiger partial charge on any atom is -0.494 e. The quantitative estimate of drug-likeness (QED) is 0.0701. The van der Waals surface area contributed by atoms with Crippen molar-refractivity contribution in [3.63, 3.8) is 0 Å². The van der Waals surface area contributed by atoms with Crippen LogP contribution in [0.25, 0.3) is 22.8 Å². The predicted molar refractivity (Wildman–Crippen MR) is 189 cm³/mol. The standard InChI is InChI=1S/C36H38Cl2N4O6/c1-20-13-27(14-21(2)33(20)38)46-12-6-7-24(15-25-16-26(36(44)45)17-30-35(25)48-19-47-30)28-8-9-29(37)32(34(28)40-11-10-39-18-43)31-22(3)41-42(5)23(31)4/h8-9,13-18,40H,6-7,10-12,19H2,1-5H3,(H,39,43)(H,44,45)/b24-15+. The molecule has 1 aliphatic rings. The second kappa shape index (κ2) is 15.0. The smallest absolute Gasteiger partial charge is 0.335 e. The molecule has 48 heavy (non-hydrogen) atoms. The van der Waals surface area contributed by atoms with Gasteiger partial charge >= 0.3 is 5.97 Å². The van der Waals surface area contributed by atoms with Gasteiger partial charge in [-0.15, -0.1) is 0 Å². The molecule has 0 fully saturated rings. The Morgan fingerprint density at radius 2 is 1.81 bits per heavy atom. The third kappa shape index (κ3) is 7.40. The number of anilines is 1. The van der Waals surface area contributed by atoms with Crippen LogP contribution < -0.4 is 24.8 Å². The van der Waals surface area contributed by atoms with Crippen molar-refractivity contribution in [3.05, 3.63) is 85.6 Å². The van der Waals surface area contributed by atoms with Gasteiger partial charge in [-0.05, 0) is 93.6 Å². The van der Waals surface area contributed by atoms with Gasteiger partial charge in [0.1, 0.15) is 5.75 Å². The molecule has 12 heteroatoms. The van der Waals surface area contributed by atoms with E-state index in [1.54, 1.807) is 6.07 Å². The zero-order chi connectivity index (χ0) is 34.5. The Bertz CT molecular complexity index is 1880. The van der Waals surface area contributed by atoms with E-state index in [0.717, 1.165) is 61.2 Å². The average molecular weight is 694 g/mol. The molecule has 0 spiro atoms. The SMILES string of the molecule is Cc1cc(OCCC/C(=C\c2cc(C(=O)O)cc3c2OCO3)c2ccc(Cl)c(-c3c(C)nn(C)c3C)c2NCCNC=O)cc(C)c1Cl. The maximum absolute atomic E-state index is 12.0. The van der Waals surface area contributed by atoms with Crippen molar-refractivity contribution in [3.8, 4) is 28.4 Å². The Morgan fingerprint density at radius 3 is 2.48 bits per heavy atom. The number of aromatic nitrogens is 2. The van der Waals surface area contributed by atoms with E-state index in [0.29, 0.717) is 61.0 Å². The summed E-state index contributed by atoms with van der Waals surface area (Å²) in [7, 11) is 1.89. The van der Waals surface area contributed by atoms with Crippen molar-refractivity contribution in [1.29, 1.82) is 0 Å². The van der Waals surface area contributed by atoms with Crippen LogP contribution in [-0.2, 0) is 11.8 Å². The summed E-state index contributed by atoms with van der Waals surface area (Å²) in [5.41, 5.74) is 8.44. The molecule has 1 aromatic heterocycles. The van der Waals surface area contributed by atoms with Gasteiger partial charge in [0.15, 0.2) is 11.5 Å². The molecule has 0 aliphatic carbocycles. The highest BCUT2D eigenvalue weighted by atomic mass is 35.5. The zero-order valence-electron chi connectivity index (χ0n) is 27.5. The molecule has 0 atom stereocenters. The summed E-state index contributed by atoms with van der Waals surface area (Å²) in [4.78, 5) is 23.1. The van der Waals surface area contributed by atoms with E-state index in [9.17, 15) is 14.7 Å². The molecule has 0 saturated heterocycles. The molecule has 10 nitrogen and oxygen atoms in total. The molecule has 2 heterocycles. The lowest BCUT2D eigenvalue weighted by atomic mass is 9.91. The Labute approximate surface area is 289 Å². The number of ether oxygens (including phenoxy) is 3. The van der Waals surface area contributed by atoms with Gasteiger partial charge in [0.25, 0.3) is 0 Å². The van der Waals surface area contributed by atoms with E-state index in [1.165, 1.54) is 6.07 Å². The number of nitrogens with zero attached hydrogens (tertiary/aromatic N) is 2. The second-order valence-corrected chi connectivity index (χ2v) is 12.4. The largest absolute Gasteiger partial charge is 0.494 e. The molecule has 3 aromatic carbocycles. The summed E-state index contributed by atoms with van der Waals surface area (Å²) in [6, 6.07) is 10.7. The van der Waals surface area contributed by atoms with Crippen molar-refractivity contribution in [2.75, 3.05) is 31.8 Å². The maximum Gasteiger partial charge on any atom is 0.335 e. The van der Waals surface area contributed by atoms with Crippen LogP contribution in [0, 0.1) is 27.7 Å². The van der Waals surface area contributed by atoms with Crippen LogP contribution in [-0.4, -0.2) is 53.8 Å². The summed E-state index contributed by atoms with van der Waals surface area (Å²) in [6.07, 6.45) is 3.76. The number of aromatic carboxylic acids is 1. The number of aryl methyl sites for hydroxylation is 4. The number of carbonyl (C=O) groups excluding carboxylic acids is 1. The van der Waals surface area contributed by atoms with Gasteiger partial charge in [0.2, 0.25) is 13.2 Å². The fourth-order valence-corrected chi connectivity index (χ4v) is 6.27. The van der Waals surface area contributed by atoms with E-state index >= 15 is 0 Å². The zero-order valence-corrected chi connectivity index (χ0v) is 29.0. The number of carboxylic acids is 1. The topological polar surface area (TPSA) is 124 Å². The van der Waals surface area contributed by atoms with Gasteiger partial charge < -0.3 is 30.0 Å².